The predicted octanol–water partition coefficient (Wildman–Crippen LogP) is 2.58. The summed E-state index contributed by atoms with van der Waals surface area (Å²) in [6, 6.07) is 15.0. The van der Waals surface area contributed by atoms with Gasteiger partial charge in [-0.15, -0.1) is 0 Å². The van der Waals surface area contributed by atoms with Crippen molar-refractivity contribution in [2.24, 2.45) is 0 Å². The molecule has 0 aromatic heterocycles. The van der Waals surface area contributed by atoms with Crippen molar-refractivity contribution in [3.63, 3.8) is 0 Å². The van der Waals surface area contributed by atoms with Crippen molar-refractivity contribution in [2.75, 3.05) is 13.1 Å². The first-order chi connectivity index (χ1) is 12.6. The van der Waals surface area contributed by atoms with E-state index in [1.54, 1.807) is 6.07 Å². The van der Waals surface area contributed by atoms with Gasteiger partial charge in [-0.25, -0.2) is 0 Å². The van der Waals surface area contributed by atoms with E-state index < -0.39 is 0 Å². The van der Waals surface area contributed by atoms with E-state index in [1.807, 2.05) is 49.4 Å². The molecule has 134 valence electrons. The summed E-state index contributed by atoms with van der Waals surface area (Å²) in [5.74, 6) is -0.517. The first kappa shape index (κ1) is 17.9. The molecule has 1 fully saturated rings. The van der Waals surface area contributed by atoms with Crippen LogP contribution in [0.5, 0.6) is 0 Å². The van der Waals surface area contributed by atoms with Gasteiger partial charge in [0.15, 0.2) is 0 Å². The van der Waals surface area contributed by atoms with Gasteiger partial charge in [0.1, 0.15) is 6.29 Å². The minimum atomic E-state index is -0.357. The van der Waals surface area contributed by atoms with Crippen LogP contribution in [0.15, 0.2) is 48.5 Å². The monoisotopic (exact) mass is 350 g/mol. The molecule has 2 amide bonds. The number of carbonyl (C=O) groups is 3. The van der Waals surface area contributed by atoms with Crippen molar-refractivity contribution in [1.82, 2.24) is 10.2 Å². The Labute approximate surface area is 153 Å². The fourth-order valence-corrected chi connectivity index (χ4v) is 3.19. The van der Waals surface area contributed by atoms with Crippen LogP contribution in [0.1, 0.15) is 28.8 Å². The lowest BCUT2D eigenvalue weighted by Gasteiger charge is -2.20. The summed E-state index contributed by atoms with van der Waals surface area (Å²) in [4.78, 5) is 37.2. The molecule has 3 rings (SSSR count). The number of carbonyl (C=O) groups excluding carboxylic acids is 3. The summed E-state index contributed by atoms with van der Waals surface area (Å²) in [7, 11) is 0. The van der Waals surface area contributed by atoms with Crippen LogP contribution < -0.4 is 5.32 Å². The second-order valence-electron chi connectivity index (χ2n) is 6.56. The van der Waals surface area contributed by atoms with Crippen molar-refractivity contribution < 1.29 is 14.4 Å². The van der Waals surface area contributed by atoms with Gasteiger partial charge in [-0.1, -0.05) is 42.0 Å². The van der Waals surface area contributed by atoms with Crippen molar-refractivity contribution in [2.45, 2.75) is 25.8 Å². The van der Waals surface area contributed by atoms with Crippen molar-refractivity contribution in [1.29, 1.82) is 0 Å². The number of aryl methyl sites for hydroxylation is 1. The molecule has 1 atom stereocenters. The zero-order chi connectivity index (χ0) is 18.5. The zero-order valence-corrected chi connectivity index (χ0v) is 14.8. The topological polar surface area (TPSA) is 66.5 Å². The third-order valence-electron chi connectivity index (χ3n) is 4.69. The molecule has 0 bridgehead atoms. The molecule has 26 heavy (non-hydrogen) atoms. The SMILES string of the molecule is Cc1ccc(-c2cccc(C(=O)NCC(=O)N3CCCC3C=O)c2)cc1. The molecule has 1 unspecified atom stereocenters. The second kappa shape index (κ2) is 7.95. The van der Waals surface area contributed by atoms with E-state index in [2.05, 4.69) is 5.32 Å². The largest absolute Gasteiger partial charge is 0.343 e. The fraction of sp³-hybridized carbons (Fsp3) is 0.286. The molecule has 5 heteroatoms. The summed E-state index contributed by atoms with van der Waals surface area (Å²) < 4.78 is 0. The van der Waals surface area contributed by atoms with Gasteiger partial charge in [0, 0.05) is 12.1 Å². The highest BCUT2D eigenvalue weighted by molar-refractivity contribution is 5.97. The Bertz CT molecular complexity index is 814. The maximum atomic E-state index is 12.4. The van der Waals surface area contributed by atoms with Gasteiger partial charge in [0.25, 0.3) is 5.91 Å². The van der Waals surface area contributed by atoms with Crippen molar-refractivity contribution in [3.8, 4) is 11.1 Å². The van der Waals surface area contributed by atoms with Crippen LogP contribution in [0.3, 0.4) is 0 Å². The standard InChI is InChI=1S/C21H22N2O3/c1-15-7-9-16(10-8-15)17-4-2-5-18(12-17)21(26)22-13-20(25)23-11-3-6-19(23)14-24/h2,4-5,7-10,12,14,19H,3,6,11,13H2,1H3,(H,22,26). The Morgan fingerprint density at radius 1 is 1.15 bits per heavy atom. The molecular weight excluding hydrogens is 328 g/mol. The van der Waals surface area contributed by atoms with E-state index in [0.717, 1.165) is 23.8 Å². The Balaban J connectivity index is 1.65. The average Bonchev–Trinajstić information content (AvgIpc) is 3.15. The summed E-state index contributed by atoms with van der Waals surface area (Å²) in [6.07, 6.45) is 2.32. The Morgan fingerprint density at radius 2 is 1.92 bits per heavy atom. The van der Waals surface area contributed by atoms with E-state index in [0.29, 0.717) is 18.5 Å². The van der Waals surface area contributed by atoms with Crippen LogP contribution in [0, 0.1) is 6.92 Å². The number of hydrogen-bond donors (Lipinski definition) is 1. The van der Waals surface area contributed by atoms with Crippen LogP contribution in [0.4, 0.5) is 0 Å². The lowest BCUT2D eigenvalue weighted by atomic mass is 10.0. The molecule has 0 radical (unpaired) electrons. The third kappa shape index (κ3) is 3.99. The summed E-state index contributed by atoms with van der Waals surface area (Å²) in [5.41, 5.74) is 3.66. The lowest BCUT2D eigenvalue weighted by Crippen LogP contribution is -2.43. The normalized spacial score (nSPS) is 16.3. The van der Waals surface area contributed by atoms with E-state index in [1.165, 1.54) is 10.5 Å². The summed E-state index contributed by atoms with van der Waals surface area (Å²) in [5, 5.41) is 2.66. The quantitative estimate of drug-likeness (QED) is 0.843. The molecular formula is C21H22N2O3. The number of aldehydes is 1. The first-order valence-electron chi connectivity index (χ1n) is 8.78. The number of benzene rings is 2. The number of rotatable bonds is 5. The molecule has 1 N–H and O–H groups in total. The highest BCUT2D eigenvalue weighted by Crippen LogP contribution is 2.21. The molecule has 1 saturated heterocycles. The Morgan fingerprint density at radius 3 is 2.65 bits per heavy atom. The molecule has 0 spiro atoms. The van der Waals surface area contributed by atoms with Crippen molar-refractivity contribution in [3.05, 3.63) is 59.7 Å². The zero-order valence-electron chi connectivity index (χ0n) is 14.8. The molecule has 1 heterocycles. The molecule has 5 nitrogen and oxygen atoms in total. The molecule has 0 saturated carbocycles. The predicted molar refractivity (Wildman–Crippen MR) is 99.7 cm³/mol. The molecule has 2 aromatic carbocycles. The smallest absolute Gasteiger partial charge is 0.251 e. The van der Waals surface area contributed by atoms with Gasteiger partial charge in [0.05, 0.1) is 12.6 Å². The van der Waals surface area contributed by atoms with Gasteiger partial charge >= 0.3 is 0 Å². The van der Waals surface area contributed by atoms with Crippen LogP contribution in [0.2, 0.25) is 0 Å². The minimum absolute atomic E-state index is 0.0993. The van der Waals surface area contributed by atoms with Gasteiger partial charge in [-0.05, 0) is 43.0 Å². The summed E-state index contributed by atoms with van der Waals surface area (Å²) >= 11 is 0. The fourth-order valence-electron chi connectivity index (χ4n) is 3.19. The molecule has 1 aliphatic rings. The molecule has 0 aliphatic carbocycles. The number of nitrogens with zero attached hydrogens (tertiary/aromatic N) is 1. The summed E-state index contributed by atoms with van der Waals surface area (Å²) in [6.45, 7) is 2.50. The van der Waals surface area contributed by atoms with E-state index in [4.69, 9.17) is 0 Å². The third-order valence-corrected chi connectivity index (χ3v) is 4.69. The second-order valence-corrected chi connectivity index (χ2v) is 6.56. The minimum Gasteiger partial charge on any atom is -0.343 e. The highest BCUT2D eigenvalue weighted by Gasteiger charge is 2.28. The van der Waals surface area contributed by atoms with Gasteiger partial charge in [-0.2, -0.15) is 0 Å². The number of hydrogen-bond acceptors (Lipinski definition) is 3. The molecule has 2 aromatic rings. The van der Waals surface area contributed by atoms with E-state index in [-0.39, 0.29) is 24.4 Å². The van der Waals surface area contributed by atoms with Crippen LogP contribution in [-0.4, -0.2) is 42.1 Å². The maximum absolute atomic E-state index is 12.4. The van der Waals surface area contributed by atoms with Gasteiger partial charge in [0.2, 0.25) is 5.91 Å². The van der Waals surface area contributed by atoms with Gasteiger partial charge < -0.3 is 15.0 Å². The number of likely N-dealkylation sites (tertiary alicyclic amines) is 1. The van der Waals surface area contributed by atoms with Crippen LogP contribution in [-0.2, 0) is 9.59 Å². The maximum Gasteiger partial charge on any atom is 0.251 e. The number of amides is 2. The first-order valence-corrected chi connectivity index (χ1v) is 8.78. The van der Waals surface area contributed by atoms with Crippen molar-refractivity contribution >= 4 is 18.1 Å². The lowest BCUT2D eigenvalue weighted by molar-refractivity contribution is -0.133. The molecule has 1 aliphatic heterocycles. The van der Waals surface area contributed by atoms with E-state index >= 15 is 0 Å². The Hall–Kier alpha value is -2.95. The average molecular weight is 350 g/mol. The highest BCUT2D eigenvalue weighted by atomic mass is 16.2. The van der Waals surface area contributed by atoms with Crippen LogP contribution >= 0.6 is 0 Å². The van der Waals surface area contributed by atoms with Crippen LogP contribution in [0.25, 0.3) is 11.1 Å². The Kier molecular flexibility index (Phi) is 5.46. The van der Waals surface area contributed by atoms with E-state index in [9.17, 15) is 14.4 Å². The number of nitrogens with one attached hydrogen (secondary N) is 1. The van der Waals surface area contributed by atoms with Gasteiger partial charge in [-0.3, -0.25) is 9.59 Å².